The van der Waals surface area contributed by atoms with Gasteiger partial charge in [0.2, 0.25) is 0 Å². The second-order valence-electron chi connectivity index (χ2n) is 2.70. The minimum atomic E-state index is -4.35. The Morgan fingerprint density at radius 3 is 2.44 bits per heavy atom. The number of rotatable bonds is 4. The van der Waals surface area contributed by atoms with E-state index in [4.69, 9.17) is 0 Å². The molecule has 0 saturated carbocycles. The third kappa shape index (κ3) is 5.80. The molecule has 16 heavy (non-hydrogen) atoms. The minimum Gasteiger partial charge on any atom is -0.279 e. The van der Waals surface area contributed by atoms with Gasteiger partial charge in [-0.1, -0.05) is 18.7 Å². The molecule has 0 atom stereocenters. The molecule has 0 saturated heterocycles. The molecule has 0 bridgehead atoms. The van der Waals surface area contributed by atoms with Gasteiger partial charge in [0.25, 0.3) is 0 Å². The summed E-state index contributed by atoms with van der Waals surface area (Å²) in [7, 11) is 0. The van der Waals surface area contributed by atoms with E-state index in [2.05, 4.69) is 11.6 Å². The predicted molar refractivity (Wildman–Crippen MR) is 65.0 cm³/mol. The number of alkyl halides is 3. The Kier molecular flexibility index (Phi) is 6.88. The largest absolute Gasteiger partial charge is 0.416 e. The highest BCUT2D eigenvalue weighted by atomic mass is 32.2. The van der Waals surface area contributed by atoms with Gasteiger partial charge in [-0.05, 0) is 25.3 Å². The fraction of sp³-hybridized carbons (Fsp3) is 0.364. The Morgan fingerprint density at radius 1 is 1.44 bits per heavy atom. The second-order valence-corrected chi connectivity index (χ2v) is 3.53. The quantitative estimate of drug-likeness (QED) is 0.417. The van der Waals surface area contributed by atoms with Crippen molar-refractivity contribution < 1.29 is 13.2 Å². The first-order chi connectivity index (χ1) is 7.45. The van der Waals surface area contributed by atoms with E-state index in [0.717, 1.165) is 12.2 Å². The van der Waals surface area contributed by atoms with Crippen molar-refractivity contribution in [2.75, 3.05) is 12.8 Å². The zero-order valence-electron chi connectivity index (χ0n) is 9.21. The van der Waals surface area contributed by atoms with E-state index in [1.165, 1.54) is 17.8 Å². The van der Waals surface area contributed by atoms with Crippen molar-refractivity contribution in [1.82, 2.24) is 0 Å². The van der Waals surface area contributed by atoms with Gasteiger partial charge in [-0.3, -0.25) is 4.99 Å². The van der Waals surface area contributed by atoms with Gasteiger partial charge < -0.3 is 0 Å². The molecule has 0 aliphatic rings. The van der Waals surface area contributed by atoms with Crippen LogP contribution >= 0.6 is 11.8 Å². The number of hydrogen-bond donors (Lipinski definition) is 0. The van der Waals surface area contributed by atoms with Crippen LogP contribution in [0.25, 0.3) is 0 Å². The molecule has 0 unspecified atom stereocenters. The zero-order chi connectivity index (χ0) is 12.6. The predicted octanol–water partition coefficient (Wildman–Crippen LogP) is 4.00. The summed E-state index contributed by atoms with van der Waals surface area (Å²) in [6.45, 7) is 5.60. The lowest BCUT2D eigenvalue weighted by Gasteiger charge is -2.05. The van der Waals surface area contributed by atoms with Crippen LogP contribution < -0.4 is 0 Å². The summed E-state index contributed by atoms with van der Waals surface area (Å²) in [6.07, 6.45) is 2.11. The molecule has 1 nitrogen and oxygen atoms in total. The first-order valence-electron chi connectivity index (χ1n) is 4.62. The topological polar surface area (TPSA) is 12.4 Å². The Bertz CT molecular complexity index is 314. The standard InChI is InChI=1S/C11H14F3NS/c1-4-9(11(12,13)14)7-6-8-10(16-3)15-5-2/h4,6-8H,1,5H2,2-3H3/b8-6+,9-7+,15-10?. The fourth-order valence-corrected chi connectivity index (χ4v) is 1.33. The molecule has 0 aliphatic carbocycles. The molecule has 5 heteroatoms. The van der Waals surface area contributed by atoms with Crippen LogP contribution in [0.4, 0.5) is 13.2 Å². The number of thioether (sulfide) groups is 1. The van der Waals surface area contributed by atoms with E-state index in [-0.39, 0.29) is 0 Å². The highest BCUT2D eigenvalue weighted by Gasteiger charge is 2.30. The van der Waals surface area contributed by atoms with E-state index in [1.807, 2.05) is 13.2 Å². The van der Waals surface area contributed by atoms with Crippen molar-refractivity contribution in [3.05, 3.63) is 36.5 Å². The van der Waals surface area contributed by atoms with Gasteiger partial charge in [-0.2, -0.15) is 13.2 Å². The smallest absolute Gasteiger partial charge is 0.279 e. The van der Waals surface area contributed by atoms with Crippen LogP contribution in [0.1, 0.15) is 6.92 Å². The molecule has 0 aromatic heterocycles. The molecular weight excluding hydrogens is 235 g/mol. The van der Waals surface area contributed by atoms with Crippen molar-refractivity contribution in [2.45, 2.75) is 13.1 Å². The summed E-state index contributed by atoms with van der Waals surface area (Å²) in [5, 5.41) is 0.698. The van der Waals surface area contributed by atoms with Gasteiger partial charge >= 0.3 is 6.18 Å². The highest BCUT2D eigenvalue weighted by Crippen LogP contribution is 2.26. The average Bonchev–Trinajstić information content (AvgIpc) is 2.20. The van der Waals surface area contributed by atoms with Gasteiger partial charge in [0.15, 0.2) is 0 Å². The number of hydrogen-bond acceptors (Lipinski definition) is 2. The molecule has 90 valence electrons. The van der Waals surface area contributed by atoms with Gasteiger partial charge in [0, 0.05) is 6.54 Å². The van der Waals surface area contributed by atoms with Gasteiger partial charge in [0.1, 0.15) is 0 Å². The van der Waals surface area contributed by atoms with Crippen LogP contribution in [0.5, 0.6) is 0 Å². The summed E-state index contributed by atoms with van der Waals surface area (Å²) in [5.74, 6) is 0. The number of halogens is 3. The first-order valence-corrected chi connectivity index (χ1v) is 5.84. The number of aliphatic imine (C=N–C) groups is 1. The monoisotopic (exact) mass is 249 g/mol. The molecule has 0 aromatic carbocycles. The van der Waals surface area contributed by atoms with Crippen molar-refractivity contribution in [1.29, 1.82) is 0 Å². The lowest BCUT2D eigenvalue weighted by Crippen LogP contribution is -2.09. The molecule has 0 radical (unpaired) electrons. The maximum absolute atomic E-state index is 12.3. The van der Waals surface area contributed by atoms with Crippen molar-refractivity contribution in [2.24, 2.45) is 4.99 Å². The van der Waals surface area contributed by atoms with E-state index < -0.39 is 11.7 Å². The third-order valence-corrected chi connectivity index (χ3v) is 2.27. The van der Waals surface area contributed by atoms with E-state index in [9.17, 15) is 13.2 Å². The summed E-state index contributed by atoms with van der Waals surface area (Å²) in [5.41, 5.74) is -0.763. The SMILES string of the molecule is C=C/C(=C\C=C\C(=NCC)SC)C(F)(F)F. The van der Waals surface area contributed by atoms with Crippen LogP contribution in [0.15, 0.2) is 41.4 Å². The first kappa shape index (κ1) is 15.0. The van der Waals surface area contributed by atoms with E-state index in [1.54, 1.807) is 6.08 Å². The number of nitrogens with zero attached hydrogens (tertiary/aromatic N) is 1. The number of allylic oxidation sites excluding steroid dienone is 4. The molecule has 0 rings (SSSR count). The van der Waals surface area contributed by atoms with Crippen LogP contribution in [0, 0.1) is 0 Å². The molecule has 0 heterocycles. The van der Waals surface area contributed by atoms with Crippen molar-refractivity contribution >= 4 is 16.8 Å². The second kappa shape index (κ2) is 7.33. The van der Waals surface area contributed by atoms with Crippen LogP contribution in [0.3, 0.4) is 0 Å². The maximum atomic E-state index is 12.3. The van der Waals surface area contributed by atoms with Crippen LogP contribution in [-0.4, -0.2) is 24.0 Å². The Balaban J connectivity index is 4.73. The Morgan fingerprint density at radius 2 is 2.06 bits per heavy atom. The minimum absolute atomic E-state index is 0.609. The zero-order valence-corrected chi connectivity index (χ0v) is 10.0. The Hall–Kier alpha value is -0.970. The average molecular weight is 249 g/mol. The third-order valence-electron chi connectivity index (χ3n) is 1.58. The molecule has 0 aliphatic heterocycles. The Labute approximate surface area is 97.8 Å². The van der Waals surface area contributed by atoms with E-state index in [0.29, 0.717) is 11.6 Å². The summed E-state index contributed by atoms with van der Waals surface area (Å²) in [6, 6.07) is 0. The van der Waals surface area contributed by atoms with Gasteiger partial charge in [-0.15, -0.1) is 11.8 Å². The summed E-state index contributed by atoms with van der Waals surface area (Å²) in [4.78, 5) is 4.08. The summed E-state index contributed by atoms with van der Waals surface area (Å²) >= 11 is 1.39. The maximum Gasteiger partial charge on any atom is 0.416 e. The van der Waals surface area contributed by atoms with Crippen molar-refractivity contribution in [3.63, 3.8) is 0 Å². The summed E-state index contributed by atoms with van der Waals surface area (Å²) < 4.78 is 36.8. The lowest BCUT2D eigenvalue weighted by molar-refractivity contribution is -0.0881. The molecule has 0 aromatic rings. The molecule has 0 spiro atoms. The highest BCUT2D eigenvalue weighted by molar-refractivity contribution is 8.13. The molecule has 0 amide bonds. The molecule has 0 N–H and O–H groups in total. The van der Waals surface area contributed by atoms with E-state index >= 15 is 0 Å². The molecular formula is C11H14F3NS. The van der Waals surface area contributed by atoms with Gasteiger partial charge in [0.05, 0.1) is 10.6 Å². The van der Waals surface area contributed by atoms with Crippen LogP contribution in [0.2, 0.25) is 0 Å². The van der Waals surface area contributed by atoms with Gasteiger partial charge in [-0.25, -0.2) is 0 Å². The normalized spacial score (nSPS) is 14.6. The van der Waals surface area contributed by atoms with Crippen LogP contribution in [-0.2, 0) is 0 Å². The lowest BCUT2D eigenvalue weighted by atomic mass is 10.2. The fourth-order valence-electron chi connectivity index (χ4n) is 0.853. The van der Waals surface area contributed by atoms with Crippen molar-refractivity contribution in [3.8, 4) is 0 Å². The molecule has 0 fully saturated rings.